The Kier molecular flexibility index (Phi) is 4.27. The molecule has 3 N–H and O–H groups in total. The van der Waals surface area contributed by atoms with Gasteiger partial charge in [-0.05, 0) is 6.92 Å². The van der Waals surface area contributed by atoms with Gasteiger partial charge in [-0.15, -0.1) is 0 Å². The third-order valence-electron chi connectivity index (χ3n) is 2.92. The molecule has 112 valence electrons. The number of aromatic nitrogens is 3. The SMILES string of the molecule is CCn1ncnc1COc1cc(C(=O)O)c(N)cc1OC. The summed E-state index contributed by atoms with van der Waals surface area (Å²) in [4.78, 5) is 15.2. The molecule has 1 aromatic heterocycles. The van der Waals surface area contributed by atoms with Crippen LogP contribution in [0.3, 0.4) is 0 Å². The van der Waals surface area contributed by atoms with Crippen molar-refractivity contribution in [2.75, 3.05) is 12.8 Å². The van der Waals surface area contributed by atoms with E-state index in [9.17, 15) is 4.79 Å². The molecule has 21 heavy (non-hydrogen) atoms. The number of aromatic carboxylic acids is 1. The Hall–Kier alpha value is -2.77. The molecule has 0 aliphatic heterocycles. The molecule has 2 aromatic rings. The Bertz CT molecular complexity index is 654. The van der Waals surface area contributed by atoms with Gasteiger partial charge in [0.15, 0.2) is 17.3 Å². The quantitative estimate of drug-likeness (QED) is 0.768. The number of carboxylic acids is 1. The van der Waals surface area contributed by atoms with Gasteiger partial charge < -0.3 is 20.3 Å². The van der Waals surface area contributed by atoms with Gasteiger partial charge in [-0.2, -0.15) is 5.10 Å². The summed E-state index contributed by atoms with van der Waals surface area (Å²) in [7, 11) is 1.45. The first-order valence-corrected chi connectivity index (χ1v) is 6.27. The van der Waals surface area contributed by atoms with Gasteiger partial charge in [-0.3, -0.25) is 0 Å². The van der Waals surface area contributed by atoms with E-state index in [4.69, 9.17) is 20.3 Å². The maximum Gasteiger partial charge on any atom is 0.337 e. The molecular weight excluding hydrogens is 276 g/mol. The molecule has 8 nitrogen and oxygen atoms in total. The third kappa shape index (κ3) is 3.04. The highest BCUT2D eigenvalue weighted by Gasteiger charge is 2.15. The van der Waals surface area contributed by atoms with Gasteiger partial charge in [0, 0.05) is 18.7 Å². The van der Waals surface area contributed by atoms with Crippen molar-refractivity contribution in [2.24, 2.45) is 0 Å². The van der Waals surface area contributed by atoms with Crippen LogP contribution >= 0.6 is 0 Å². The van der Waals surface area contributed by atoms with Crippen LogP contribution in [0.1, 0.15) is 23.1 Å². The van der Waals surface area contributed by atoms with Crippen LogP contribution in [0.25, 0.3) is 0 Å². The van der Waals surface area contributed by atoms with Gasteiger partial charge in [0.2, 0.25) is 0 Å². The molecule has 0 amide bonds. The maximum atomic E-state index is 11.1. The van der Waals surface area contributed by atoms with E-state index in [2.05, 4.69) is 10.1 Å². The zero-order valence-electron chi connectivity index (χ0n) is 11.7. The van der Waals surface area contributed by atoms with Gasteiger partial charge >= 0.3 is 5.97 Å². The van der Waals surface area contributed by atoms with E-state index in [1.807, 2.05) is 6.92 Å². The summed E-state index contributed by atoms with van der Waals surface area (Å²) < 4.78 is 12.4. The lowest BCUT2D eigenvalue weighted by molar-refractivity contribution is 0.0697. The first-order valence-electron chi connectivity index (χ1n) is 6.27. The average molecular weight is 292 g/mol. The summed E-state index contributed by atoms with van der Waals surface area (Å²) >= 11 is 0. The molecule has 0 saturated heterocycles. The first-order chi connectivity index (χ1) is 10.1. The van der Waals surface area contributed by atoms with Crippen LogP contribution in [0.15, 0.2) is 18.5 Å². The highest BCUT2D eigenvalue weighted by atomic mass is 16.5. The Morgan fingerprint density at radius 3 is 2.81 bits per heavy atom. The topological polar surface area (TPSA) is 112 Å². The predicted molar refractivity (Wildman–Crippen MR) is 74.4 cm³/mol. The minimum Gasteiger partial charge on any atom is -0.493 e. The molecule has 0 bridgehead atoms. The Morgan fingerprint density at radius 1 is 1.43 bits per heavy atom. The van der Waals surface area contributed by atoms with E-state index in [1.54, 1.807) is 4.68 Å². The second-order valence-corrected chi connectivity index (χ2v) is 4.18. The number of benzene rings is 1. The normalized spacial score (nSPS) is 10.4. The number of carboxylic acid groups (broad SMARTS) is 1. The third-order valence-corrected chi connectivity index (χ3v) is 2.92. The summed E-state index contributed by atoms with van der Waals surface area (Å²) in [6.45, 7) is 2.75. The molecule has 0 fully saturated rings. The predicted octanol–water partition coefficient (Wildman–Crippen LogP) is 1.17. The molecule has 0 radical (unpaired) electrons. The largest absolute Gasteiger partial charge is 0.493 e. The lowest BCUT2D eigenvalue weighted by Gasteiger charge is -2.13. The fourth-order valence-electron chi connectivity index (χ4n) is 1.84. The summed E-state index contributed by atoms with van der Waals surface area (Å²) in [5.74, 6) is 0.153. The van der Waals surface area contributed by atoms with E-state index < -0.39 is 5.97 Å². The zero-order chi connectivity index (χ0) is 15.4. The van der Waals surface area contributed by atoms with Gasteiger partial charge in [0.05, 0.1) is 18.4 Å². The van der Waals surface area contributed by atoms with Gasteiger partial charge in [-0.25, -0.2) is 14.5 Å². The number of ether oxygens (including phenoxy) is 2. The monoisotopic (exact) mass is 292 g/mol. The molecule has 0 atom stereocenters. The van der Waals surface area contributed by atoms with Crippen LogP contribution in [0.4, 0.5) is 5.69 Å². The number of nitrogens with zero attached hydrogens (tertiary/aromatic N) is 3. The van der Waals surface area contributed by atoms with Crippen LogP contribution in [0, 0.1) is 0 Å². The highest BCUT2D eigenvalue weighted by molar-refractivity contribution is 5.94. The molecule has 1 aromatic carbocycles. The summed E-state index contributed by atoms with van der Waals surface area (Å²) in [5, 5.41) is 13.1. The van der Waals surface area contributed by atoms with E-state index >= 15 is 0 Å². The lowest BCUT2D eigenvalue weighted by Crippen LogP contribution is -2.09. The maximum absolute atomic E-state index is 11.1. The molecule has 0 unspecified atom stereocenters. The molecule has 0 aliphatic rings. The Morgan fingerprint density at radius 2 is 2.19 bits per heavy atom. The van der Waals surface area contributed by atoms with Crippen molar-refractivity contribution < 1.29 is 19.4 Å². The zero-order valence-corrected chi connectivity index (χ0v) is 11.7. The Labute approximate surface area is 121 Å². The minimum absolute atomic E-state index is 0.0391. The standard InChI is InChI=1S/C13H16N4O4/c1-3-17-12(15-7-16-17)6-21-11-4-8(13(18)19)9(14)5-10(11)20-2/h4-5,7H,3,6,14H2,1-2H3,(H,18,19). The first kappa shape index (κ1) is 14.6. The van der Waals surface area contributed by atoms with Crippen molar-refractivity contribution in [1.29, 1.82) is 0 Å². The van der Waals surface area contributed by atoms with Gasteiger partial charge in [-0.1, -0.05) is 0 Å². The van der Waals surface area contributed by atoms with Crippen LogP contribution < -0.4 is 15.2 Å². The van der Waals surface area contributed by atoms with Gasteiger partial charge in [0.1, 0.15) is 12.9 Å². The summed E-state index contributed by atoms with van der Waals surface area (Å²) in [6.07, 6.45) is 1.44. The van der Waals surface area contributed by atoms with Crippen molar-refractivity contribution in [2.45, 2.75) is 20.1 Å². The Balaban J connectivity index is 2.26. The van der Waals surface area contributed by atoms with Crippen molar-refractivity contribution in [3.63, 3.8) is 0 Å². The fourth-order valence-corrected chi connectivity index (χ4v) is 1.84. The van der Waals surface area contributed by atoms with Crippen LogP contribution in [-0.4, -0.2) is 33.0 Å². The number of aryl methyl sites for hydroxylation is 1. The molecule has 2 rings (SSSR count). The van der Waals surface area contributed by atoms with E-state index in [1.165, 1.54) is 25.6 Å². The molecule has 0 aliphatic carbocycles. The number of hydrogen-bond donors (Lipinski definition) is 2. The number of hydrogen-bond acceptors (Lipinski definition) is 6. The number of carbonyl (C=O) groups is 1. The molecule has 0 spiro atoms. The van der Waals surface area contributed by atoms with E-state index in [0.717, 1.165) is 0 Å². The lowest BCUT2D eigenvalue weighted by atomic mass is 10.1. The van der Waals surface area contributed by atoms with Crippen molar-refractivity contribution in [1.82, 2.24) is 14.8 Å². The molecule has 8 heteroatoms. The minimum atomic E-state index is -1.13. The van der Waals surface area contributed by atoms with Crippen LogP contribution in [-0.2, 0) is 13.2 Å². The van der Waals surface area contributed by atoms with Gasteiger partial charge in [0.25, 0.3) is 0 Å². The van der Waals surface area contributed by atoms with Crippen molar-refractivity contribution in [3.8, 4) is 11.5 Å². The molecular formula is C13H16N4O4. The number of nitrogen functional groups attached to an aromatic ring is 1. The second kappa shape index (κ2) is 6.12. The average Bonchev–Trinajstić information content (AvgIpc) is 2.92. The van der Waals surface area contributed by atoms with Crippen LogP contribution in [0.5, 0.6) is 11.5 Å². The second-order valence-electron chi connectivity index (χ2n) is 4.18. The number of nitrogens with two attached hydrogens (primary N) is 1. The van der Waals surface area contributed by atoms with E-state index in [-0.39, 0.29) is 23.6 Å². The smallest absolute Gasteiger partial charge is 0.337 e. The highest BCUT2D eigenvalue weighted by Crippen LogP contribution is 2.32. The van der Waals surface area contributed by atoms with E-state index in [0.29, 0.717) is 18.1 Å². The summed E-state index contributed by atoms with van der Waals surface area (Å²) in [5.41, 5.74) is 5.74. The van der Waals surface area contributed by atoms with Crippen molar-refractivity contribution >= 4 is 11.7 Å². The number of methoxy groups -OCH3 is 1. The molecule has 1 heterocycles. The van der Waals surface area contributed by atoms with Crippen LogP contribution in [0.2, 0.25) is 0 Å². The molecule has 0 saturated carbocycles. The van der Waals surface area contributed by atoms with Crippen molar-refractivity contribution in [3.05, 3.63) is 29.8 Å². The number of rotatable bonds is 6. The fraction of sp³-hybridized carbons (Fsp3) is 0.308. The number of anilines is 1. The summed E-state index contributed by atoms with van der Waals surface area (Å²) in [6, 6.07) is 2.76.